The van der Waals surface area contributed by atoms with Gasteiger partial charge in [-0.05, 0) is 38.5 Å². The second kappa shape index (κ2) is 11.8. The van der Waals surface area contributed by atoms with Gasteiger partial charge >= 0.3 is 6.09 Å². The Morgan fingerprint density at radius 2 is 1.79 bits per heavy atom. The molecule has 162 valence electrons. The molecule has 0 aliphatic rings. The Morgan fingerprint density at radius 3 is 2.41 bits per heavy atom. The smallest absolute Gasteiger partial charge is 0.407 e. The number of ether oxygens (including phenoxy) is 2. The van der Waals surface area contributed by atoms with Crippen LogP contribution in [0.15, 0.2) is 29.3 Å². The van der Waals surface area contributed by atoms with Crippen molar-refractivity contribution in [2.24, 2.45) is 4.99 Å². The predicted molar refractivity (Wildman–Crippen MR) is 113 cm³/mol. The van der Waals surface area contributed by atoms with E-state index in [1.807, 2.05) is 45.0 Å². The first kappa shape index (κ1) is 24.1. The van der Waals surface area contributed by atoms with Gasteiger partial charge in [0.05, 0.1) is 0 Å². The van der Waals surface area contributed by atoms with Crippen molar-refractivity contribution in [3.8, 4) is 5.75 Å². The molecule has 0 radical (unpaired) electrons. The van der Waals surface area contributed by atoms with Crippen LogP contribution in [0.3, 0.4) is 0 Å². The Morgan fingerprint density at radius 1 is 1.10 bits per heavy atom. The number of carbonyl (C=O) groups is 2. The van der Waals surface area contributed by atoms with Crippen LogP contribution in [0.2, 0.25) is 0 Å². The monoisotopic (exact) mass is 407 g/mol. The van der Waals surface area contributed by atoms with Gasteiger partial charge in [0.1, 0.15) is 11.4 Å². The minimum atomic E-state index is -0.521. The number of guanidine groups is 1. The second-order valence-electron chi connectivity index (χ2n) is 7.51. The Hall–Kier alpha value is -2.97. The normalized spacial score (nSPS) is 11.4. The van der Waals surface area contributed by atoms with Crippen molar-refractivity contribution in [1.82, 2.24) is 20.9 Å². The van der Waals surface area contributed by atoms with E-state index in [0.717, 1.165) is 5.56 Å². The summed E-state index contributed by atoms with van der Waals surface area (Å²) in [6.07, 6.45) is -0.452. The van der Waals surface area contributed by atoms with Crippen LogP contribution in [0, 0.1) is 0 Å². The van der Waals surface area contributed by atoms with E-state index in [1.54, 1.807) is 21.1 Å². The molecule has 1 rings (SSSR count). The third kappa shape index (κ3) is 10.8. The zero-order valence-electron chi connectivity index (χ0n) is 18.2. The topological polar surface area (TPSA) is 104 Å². The second-order valence-corrected chi connectivity index (χ2v) is 7.51. The van der Waals surface area contributed by atoms with Crippen LogP contribution in [-0.4, -0.2) is 69.3 Å². The summed E-state index contributed by atoms with van der Waals surface area (Å²) in [4.78, 5) is 28.9. The summed E-state index contributed by atoms with van der Waals surface area (Å²) in [5.74, 6) is 1.13. The number of likely N-dealkylation sites (N-methyl/N-ethyl adjacent to an activating group) is 1. The highest BCUT2D eigenvalue weighted by Gasteiger charge is 2.15. The van der Waals surface area contributed by atoms with Gasteiger partial charge in [0.25, 0.3) is 5.91 Å². The number of hydrogen-bond acceptors (Lipinski definition) is 5. The van der Waals surface area contributed by atoms with E-state index in [0.29, 0.717) is 31.3 Å². The number of aliphatic imine (C=N–C) groups is 1. The lowest BCUT2D eigenvalue weighted by molar-refractivity contribution is -0.130. The fraction of sp³-hybridized carbons (Fsp3) is 0.550. The van der Waals surface area contributed by atoms with Crippen molar-refractivity contribution in [1.29, 1.82) is 0 Å². The van der Waals surface area contributed by atoms with Crippen molar-refractivity contribution in [3.05, 3.63) is 29.8 Å². The van der Waals surface area contributed by atoms with Crippen LogP contribution in [0.1, 0.15) is 26.3 Å². The molecule has 0 bridgehead atoms. The van der Waals surface area contributed by atoms with Crippen LogP contribution in [0.25, 0.3) is 0 Å². The first-order valence-electron chi connectivity index (χ1n) is 9.44. The average Bonchev–Trinajstić information content (AvgIpc) is 2.64. The maximum Gasteiger partial charge on any atom is 0.407 e. The van der Waals surface area contributed by atoms with Crippen LogP contribution in [0.4, 0.5) is 4.79 Å². The number of carbonyl (C=O) groups excluding carboxylic acids is 2. The lowest BCUT2D eigenvalue weighted by Crippen LogP contribution is -2.42. The molecule has 1 aromatic rings. The minimum Gasteiger partial charge on any atom is -0.484 e. The Bertz CT molecular complexity index is 698. The molecule has 9 nitrogen and oxygen atoms in total. The number of hydrogen-bond donors (Lipinski definition) is 3. The zero-order valence-corrected chi connectivity index (χ0v) is 18.2. The first-order chi connectivity index (χ1) is 13.6. The molecule has 0 saturated carbocycles. The lowest BCUT2D eigenvalue weighted by Gasteiger charge is -2.20. The number of alkyl carbamates (subject to hydrolysis) is 1. The Balaban J connectivity index is 2.38. The molecule has 0 aromatic heterocycles. The van der Waals surface area contributed by atoms with Gasteiger partial charge < -0.3 is 30.3 Å². The van der Waals surface area contributed by atoms with Crippen LogP contribution in [0.5, 0.6) is 5.75 Å². The largest absolute Gasteiger partial charge is 0.484 e. The van der Waals surface area contributed by atoms with Crippen molar-refractivity contribution in [3.63, 3.8) is 0 Å². The van der Waals surface area contributed by atoms with Gasteiger partial charge in [-0.3, -0.25) is 9.79 Å². The van der Waals surface area contributed by atoms with Gasteiger partial charge in [-0.1, -0.05) is 12.1 Å². The molecule has 0 heterocycles. The number of benzene rings is 1. The van der Waals surface area contributed by atoms with Gasteiger partial charge in [-0.25, -0.2) is 4.79 Å². The maximum atomic E-state index is 11.6. The lowest BCUT2D eigenvalue weighted by atomic mass is 10.2. The molecule has 1 aromatic carbocycles. The van der Waals surface area contributed by atoms with Crippen molar-refractivity contribution in [2.45, 2.75) is 32.9 Å². The van der Waals surface area contributed by atoms with E-state index >= 15 is 0 Å². The van der Waals surface area contributed by atoms with Crippen molar-refractivity contribution < 1.29 is 19.1 Å². The molecule has 29 heavy (non-hydrogen) atoms. The van der Waals surface area contributed by atoms with E-state index < -0.39 is 11.7 Å². The molecular formula is C20H33N5O4. The summed E-state index contributed by atoms with van der Waals surface area (Å²) in [5, 5.41) is 8.98. The Kier molecular flexibility index (Phi) is 9.78. The molecular weight excluding hydrogens is 374 g/mol. The Labute approximate surface area is 172 Å². The number of nitrogens with zero attached hydrogens (tertiary/aromatic N) is 2. The molecule has 0 unspecified atom stereocenters. The molecule has 9 heteroatoms. The highest BCUT2D eigenvalue weighted by atomic mass is 16.6. The average molecular weight is 408 g/mol. The van der Waals surface area contributed by atoms with Crippen LogP contribution >= 0.6 is 0 Å². The summed E-state index contributed by atoms with van der Waals surface area (Å²) >= 11 is 0. The molecule has 0 fully saturated rings. The standard InChI is InChI=1S/C20H33N5O4/c1-20(2,3)29-19(27)23-11-10-22-18(21-4)24-13-15-8-7-9-16(12-15)28-14-17(26)25(5)6/h7-9,12H,10-11,13-14H2,1-6H3,(H,23,27)(H2,21,22,24). The fourth-order valence-electron chi connectivity index (χ4n) is 2.09. The zero-order chi connectivity index (χ0) is 21.9. The molecule has 0 aliphatic heterocycles. The summed E-state index contributed by atoms with van der Waals surface area (Å²) in [5.41, 5.74) is 0.460. The maximum absolute atomic E-state index is 11.6. The third-order valence-corrected chi connectivity index (χ3v) is 3.53. The fourth-order valence-corrected chi connectivity index (χ4v) is 2.09. The van der Waals surface area contributed by atoms with E-state index in [4.69, 9.17) is 9.47 Å². The van der Waals surface area contributed by atoms with E-state index in [1.165, 1.54) is 4.90 Å². The van der Waals surface area contributed by atoms with Crippen LogP contribution in [-0.2, 0) is 16.1 Å². The van der Waals surface area contributed by atoms with Gasteiger partial charge in [-0.15, -0.1) is 0 Å². The summed E-state index contributed by atoms with van der Waals surface area (Å²) in [7, 11) is 5.05. The molecule has 0 atom stereocenters. The highest BCUT2D eigenvalue weighted by Crippen LogP contribution is 2.13. The first-order valence-corrected chi connectivity index (χ1v) is 9.44. The van der Waals surface area contributed by atoms with Gasteiger partial charge in [0.2, 0.25) is 0 Å². The molecule has 0 spiro atoms. The van der Waals surface area contributed by atoms with Gasteiger partial charge in [0, 0.05) is 40.8 Å². The predicted octanol–water partition coefficient (Wildman–Crippen LogP) is 1.34. The number of nitrogens with one attached hydrogen (secondary N) is 3. The van der Waals surface area contributed by atoms with Crippen molar-refractivity contribution in [2.75, 3.05) is 40.8 Å². The summed E-state index contributed by atoms with van der Waals surface area (Å²) in [6.45, 7) is 6.87. The SMILES string of the molecule is CN=C(NCCNC(=O)OC(C)(C)C)NCc1cccc(OCC(=O)N(C)C)c1. The molecule has 2 amide bonds. The van der Waals surface area contributed by atoms with Gasteiger partial charge in [0.15, 0.2) is 12.6 Å². The molecule has 0 aliphatic carbocycles. The quantitative estimate of drug-likeness (QED) is 0.341. The highest BCUT2D eigenvalue weighted by molar-refractivity contribution is 5.79. The van der Waals surface area contributed by atoms with E-state index in [2.05, 4.69) is 20.9 Å². The number of amides is 2. The molecule has 0 saturated heterocycles. The molecule has 3 N–H and O–H groups in total. The summed E-state index contributed by atoms with van der Waals surface area (Å²) in [6, 6.07) is 7.49. The van der Waals surface area contributed by atoms with E-state index in [9.17, 15) is 9.59 Å². The minimum absolute atomic E-state index is 0.00223. The third-order valence-electron chi connectivity index (χ3n) is 3.53. The van der Waals surface area contributed by atoms with Gasteiger partial charge in [-0.2, -0.15) is 0 Å². The summed E-state index contributed by atoms with van der Waals surface area (Å²) < 4.78 is 10.7. The number of rotatable bonds is 8. The van der Waals surface area contributed by atoms with E-state index in [-0.39, 0.29) is 12.5 Å². The van der Waals surface area contributed by atoms with Crippen LogP contribution < -0.4 is 20.7 Å². The van der Waals surface area contributed by atoms with Crippen molar-refractivity contribution >= 4 is 18.0 Å².